The average Bonchev–Trinajstić information content (AvgIpc) is 2.96. The molecule has 3 rings (SSSR count). The third-order valence-electron chi connectivity index (χ3n) is 4.00. The summed E-state index contributed by atoms with van der Waals surface area (Å²) in [6.07, 6.45) is 4.97. The highest BCUT2D eigenvalue weighted by molar-refractivity contribution is 5.30. The number of nitrogens with zero attached hydrogens (tertiary/aromatic N) is 2. The Balaban J connectivity index is 1.95. The minimum Gasteiger partial charge on any atom is -0.469 e. The molecule has 19 heavy (non-hydrogen) atoms. The Morgan fingerprint density at radius 3 is 3.16 bits per heavy atom. The van der Waals surface area contributed by atoms with E-state index in [0.29, 0.717) is 6.42 Å². The number of aliphatic hydroxyl groups is 1. The lowest BCUT2D eigenvalue weighted by Gasteiger charge is -2.31. The van der Waals surface area contributed by atoms with Crippen LogP contribution in [-0.4, -0.2) is 14.9 Å². The maximum Gasteiger partial charge on any atom is 0.109 e. The predicted octanol–water partition coefficient (Wildman–Crippen LogP) is 2.57. The fourth-order valence-electron chi connectivity index (χ4n) is 3.12. The largest absolute Gasteiger partial charge is 0.469 e. The van der Waals surface area contributed by atoms with E-state index in [1.807, 2.05) is 17.7 Å². The van der Waals surface area contributed by atoms with Crippen LogP contribution >= 0.6 is 0 Å². The van der Waals surface area contributed by atoms with Crippen molar-refractivity contribution in [2.45, 2.75) is 51.7 Å². The second kappa shape index (κ2) is 4.53. The van der Waals surface area contributed by atoms with Gasteiger partial charge in [0.15, 0.2) is 0 Å². The van der Waals surface area contributed by atoms with Crippen molar-refractivity contribution in [1.29, 1.82) is 0 Å². The van der Waals surface area contributed by atoms with E-state index in [0.717, 1.165) is 48.5 Å². The maximum absolute atomic E-state index is 11.0. The van der Waals surface area contributed by atoms with Gasteiger partial charge in [-0.25, -0.2) is 0 Å². The van der Waals surface area contributed by atoms with Gasteiger partial charge in [0.25, 0.3) is 0 Å². The van der Waals surface area contributed by atoms with Crippen LogP contribution in [0, 0.1) is 6.92 Å². The summed E-state index contributed by atoms with van der Waals surface area (Å²) >= 11 is 0. The molecule has 0 radical (unpaired) electrons. The van der Waals surface area contributed by atoms with Crippen LogP contribution in [0.15, 0.2) is 22.8 Å². The zero-order valence-electron chi connectivity index (χ0n) is 11.5. The molecule has 0 aliphatic heterocycles. The van der Waals surface area contributed by atoms with Crippen molar-refractivity contribution < 1.29 is 9.52 Å². The van der Waals surface area contributed by atoms with Crippen LogP contribution in [0.25, 0.3) is 0 Å². The van der Waals surface area contributed by atoms with Gasteiger partial charge >= 0.3 is 0 Å². The summed E-state index contributed by atoms with van der Waals surface area (Å²) in [6, 6.07) is 3.98. The molecule has 4 heteroatoms. The first kappa shape index (κ1) is 12.5. The molecule has 1 N–H and O–H groups in total. The summed E-state index contributed by atoms with van der Waals surface area (Å²) < 4.78 is 7.44. The fourth-order valence-corrected chi connectivity index (χ4v) is 3.12. The Morgan fingerprint density at radius 2 is 2.37 bits per heavy atom. The lowest BCUT2D eigenvalue weighted by molar-refractivity contribution is 0.0150. The molecule has 2 aromatic rings. The fraction of sp³-hybridized carbons (Fsp3) is 0.533. The van der Waals surface area contributed by atoms with Gasteiger partial charge in [0.1, 0.15) is 5.76 Å². The van der Waals surface area contributed by atoms with Crippen molar-refractivity contribution in [3.63, 3.8) is 0 Å². The van der Waals surface area contributed by atoms with Gasteiger partial charge in [0.05, 0.1) is 17.6 Å². The number of aryl methyl sites for hydroxylation is 3. The average molecular weight is 260 g/mol. The van der Waals surface area contributed by atoms with Gasteiger partial charge in [-0.05, 0) is 38.8 Å². The minimum absolute atomic E-state index is 0.605. The Morgan fingerprint density at radius 1 is 1.53 bits per heavy atom. The van der Waals surface area contributed by atoms with Crippen molar-refractivity contribution >= 4 is 0 Å². The molecule has 4 nitrogen and oxygen atoms in total. The Labute approximate surface area is 113 Å². The van der Waals surface area contributed by atoms with Crippen LogP contribution < -0.4 is 0 Å². The van der Waals surface area contributed by atoms with E-state index >= 15 is 0 Å². The van der Waals surface area contributed by atoms with E-state index in [1.165, 1.54) is 0 Å². The monoisotopic (exact) mass is 260 g/mol. The summed E-state index contributed by atoms with van der Waals surface area (Å²) in [5, 5.41) is 15.4. The number of fused-ring (bicyclic) bond motifs is 1. The quantitative estimate of drug-likeness (QED) is 0.922. The molecule has 0 aromatic carbocycles. The third-order valence-corrected chi connectivity index (χ3v) is 4.00. The molecule has 102 valence electrons. The van der Waals surface area contributed by atoms with Crippen LogP contribution in [-0.2, 0) is 25.0 Å². The van der Waals surface area contributed by atoms with Crippen LogP contribution in [0.1, 0.15) is 42.5 Å². The standard InChI is InChI=1S/C15H20N2O2/c1-3-17-12(9-11(2)16-17)10-15(18)7-4-5-14-13(15)6-8-19-14/h6,8-9,18H,3-5,7,10H2,1-2H3. The summed E-state index contributed by atoms with van der Waals surface area (Å²) in [4.78, 5) is 0. The smallest absolute Gasteiger partial charge is 0.109 e. The lowest BCUT2D eigenvalue weighted by Crippen LogP contribution is -2.33. The van der Waals surface area contributed by atoms with Gasteiger partial charge in [-0.2, -0.15) is 5.10 Å². The number of rotatable bonds is 3. The normalized spacial score (nSPS) is 22.5. The minimum atomic E-state index is -0.806. The first-order valence-corrected chi connectivity index (χ1v) is 6.95. The van der Waals surface area contributed by atoms with Gasteiger partial charge < -0.3 is 9.52 Å². The van der Waals surface area contributed by atoms with Crippen LogP contribution in [0.2, 0.25) is 0 Å². The van der Waals surface area contributed by atoms with Crippen molar-refractivity contribution in [1.82, 2.24) is 9.78 Å². The molecule has 1 atom stereocenters. The van der Waals surface area contributed by atoms with E-state index < -0.39 is 5.60 Å². The lowest BCUT2D eigenvalue weighted by atomic mass is 9.80. The summed E-state index contributed by atoms with van der Waals surface area (Å²) in [5.41, 5.74) is 2.25. The van der Waals surface area contributed by atoms with Crippen molar-refractivity contribution in [2.24, 2.45) is 0 Å². The highest BCUT2D eigenvalue weighted by Crippen LogP contribution is 2.38. The molecule has 0 spiro atoms. The van der Waals surface area contributed by atoms with Crippen LogP contribution in [0.4, 0.5) is 0 Å². The van der Waals surface area contributed by atoms with Crippen LogP contribution in [0.3, 0.4) is 0 Å². The highest BCUT2D eigenvalue weighted by Gasteiger charge is 2.37. The van der Waals surface area contributed by atoms with Crippen LogP contribution in [0.5, 0.6) is 0 Å². The Bertz CT molecular complexity index is 585. The molecule has 0 saturated carbocycles. The summed E-state index contributed by atoms with van der Waals surface area (Å²) in [6.45, 7) is 4.89. The highest BCUT2D eigenvalue weighted by atomic mass is 16.3. The number of furan rings is 1. The SMILES string of the molecule is CCn1nc(C)cc1CC1(O)CCCc2occc21. The topological polar surface area (TPSA) is 51.2 Å². The van der Waals surface area contributed by atoms with E-state index in [2.05, 4.69) is 18.1 Å². The molecular weight excluding hydrogens is 240 g/mol. The van der Waals surface area contributed by atoms with Crippen molar-refractivity contribution in [2.75, 3.05) is 0 Å². The van der Waals surface area contributed by atoms with Gasteiger partial charge in [0.2, 0.25) is 0 Å². The zero-order chi connectivity index (χ0) is 13.5. The zero-order valence-corrected chi connectivity index (χ0v) is 11.5. The second-order valence-electron chi connectivity index (χ2n) is 5.41. The number of aromatic nitrogens is 2. The van der Waals surface area contributed by atoms with E-state index in [4.69, 9.17) is 4.42 Å². The number of hydrogen-bond acceptors (Lipinski definition) is 3. The molecule has 1 aliphatic rings. The maximum atomic E-state index is 11.0. The molecule has 0 bridgehead atoms. The summed E-state index contributed by atoms with van der Waals surface area (Å²) in [7, 11) is 0. The number of hydrogen-bond donors (Lipinski definition) is 1. The van der Waals surface area contributed by atoms with E-state index in [-0.39, 0.29) is 0 Å². The van der Waals surface area contributed by atoms with Gasteiger partial charge in [0, 0.05) is 30.6 Å². The third kappa shape index (κ3) is 2.10. The van der Waals surface area contributed by atoms with Gasteiger partial charge in [-0.3, -0.25) is 4.68 Å². The molecule has 2 aromatic heterocycles. The van der Waals surface area contributed by atoms with Crippen molar-refractivity contribution in [3.8, 4) is 0 Å². The van der Waals surface area contributed by atoms with Crippen molar-refractivity contribution in [3.05, 3.63) is 41.1 Å². The Hall–Kier alpha value is -1.55. The molecule has 0 fully saturated rings. The first-order valence-electron chi connectivity index (χ1n) is 6.95. The molecule has 0 saturated heterocycles. The predicted molar refractivity (Wildman–Crippen MR) is 71.9 cm³/mol. The Kier molecular flexibility index (Phi) is 2.97. The summed E-state index contributed by atoms with van der Waals surface area (Å²) in [5.74, 6) is 0.938. The molecule has 2 heterocycles. The van der Waals surface area contributed by atoms with Gasteiger partial charge in [-0.1, -0.05) is 0 Å². The van der Waals surface area contributed by atoms with E-state index in [9.17, 15) is 5.11 Å². The van der Waals surface area contributed by atoms with E-state index in [1.54, 1.807) is 6.26 Å². The molecule has 1 unspecified atom stereocenters. The molecular formula is C15H20N2O2. The first-order chi connectivity index (χ1) is 9.12. The second-order valence-corrected chi connectivity index (χ2v) is 5.41. The molecule has 0 amide bonds. The molecule has 1 aliphatic carbocycles. The van der Waals surface area contributed by atoms with Gasteiger partial charge in [-0.15, -0.1) is 0 Å².